The van der Waals surface area contributed by atoms with Crippen LogP contribution in [0.15, 0.2) is 148 Å². The van der Waals surface area contributed by atoms with Crippen LogP contribution in [-0.2, 0) is 5.41 Å². The zero-order chi connectivity index (χ0) is 31.7. The quantitative estimate of drug-likeness (QED) is 0.194. The van der Waals surface area contributed by atoms with Gasteiger partial charge in [-0.2, -0.15) is 0 Å². The maximum atomic E-state index is 6.44. The van der Waals surface area contributed by atoms with Crippen molar-refractivity contribution in [2.24, 2.45) is 0 Å². The molecule has 0 aliphatic heterocycles. The SMILES string of the molecule is CC1(C)c2cc(-c3cccc4c3oc3ccccc34)ccc2-c2ccc(-n3c4ccccc4c4cc5oc6ccccc6c5cc43)cc21. The second kappa shape index (κ2) is 9.05. The highest BCUT2D eigenvalue weighted by atomic mass is 16.3. The van der Waals surface area contributed by atoms with Crippen LogP contribution < -0.4 is 0 Å². The van der Waals surface area contributed by atoms with Crippen LogP contribution in [0.1, 0.15) is 25.0 Å². The van der Waals surface area contributed by atoms with E-state index < -0.39 is 0 Å². The number of benzene rings is 7. The van der Waals surface area contributed by atoms with Gasteiger partial charge in [0.2, 0.25) is 0 Å². The standard InChI is InChI=1S/C45H29NO2/c1-45(2)37-22-26(28-13-9-14-34-32-11-4-8-17-42(32)48-44(28)34)18-20-29(37)30-21-19-27(23-38(30)45)46-39-15-6-3-10-31(39)35-25-43-36(24-40(35)46)33-12-5-7-16-41(33)47-43/h3-25H,1-2H3. The van der Waals surface area contributed by atoms with Gasteiger partial charge in [-0.1, -0.05) is 105 Å². The second-order valence-corrected chi connectivity index (χ2v) is 13.7. The molecule has 3 heteroatoms. The molecule has 48 heavy (non-hydrogen) atoms. The van der Waals surface area contributed by atoms with E-state index in [9.17, 15) is 0 Å². The summed E-state index contributed by atoms with van der Waals surface area (Å²) >= 11 is 0. The second-order valence-electron chi connectivity index (χ2n) is 13.7. The Morgan fingerprint density at radius 3 is 1.94 bits per heavy atom. The molecule has 0 radical (unpaired) electrons. The van der Waals surface area contributed by atoms with Gasteiger partial charge in [0.15, 0.2) is 0 Å². The molecular weight excluding hydrogens is 587 g/mol. The van der Waals surface area contributed by atoms with Crippen molar-refractivity contribution in [2.75, 3.05) is 0 Å². The largest absolute Gasteiger partial charge is 0.456 e. The molecule has 0 bridgehead atoms. The first kappa shape index (κ1) is 26.1. The van der Waals surface area contributed by atoms with Crippen molar-refractivity contribution in [2.45, 2.75) is 19.3 Å². The monoisotopic (exact) mass is 615 g/mol. The van der Waals surface area contributed by atoms with Gasteiger partial charge in [-0.15, -0.1) is 0 Å². The average molecular weight is 616 g/mol. The lowest BCUT2D eigenvalue weighted by atomic mass is 9.81. The molecule has 1 aliphatic rings. The highest BCUT2D eigenvalue weighted by Gasteiger charge is 2.36. The highest BCUT2D eigenvalue weighted by molar-refractivity contribution is 6.17. The van der Waals surface area contributed by atoms with Crippen LogP contribution in [0, 0.1) is 0 Å². The summed E-state index contributed by atoms with van der Waals surface area (Å²) in [6, 6.07) is 50.3. The van der Waals surface area contributed by atoms with Crippen LogP contribution in [0.5, 0.6) is 0 Å². The molecule has 1 aliphatic carbocycles. The maximum Gasteiger partial charge on any atom is 0.143 e. The van der Waals surface area contributed by atoms with E-state index in [0.717, 1.165) is 49.4 Å². The number of aromatic nitrogens is 1. The fourth-order valence-corrected chi connectivity index (χ4v) is 8.47. The van der Waals surface area contributed by atoms with E-state index in [2.05, 4.69) is 146 Å². The smallest absolute Gasteiger partial charge is 0.143 e. The Morgan fingerprint density at radius 1 is 0.438 bits per heavy atom. The Bertz CT molecular complexity index is 2980. The van der Waals surface area contributed by atoms with Gasteiger partial charge in [0.25, 0.3) is 0 Å². The number of hydrogen-bond acceptors (Lipinski definition) is 2. The molecule has 0 saturated carbocycles. The van der Waals surface area contributed by atoms with E-state index in [-0.39, 0.29) is 5.41 Å². The van der Waals surface area contributed by atoms with E-state index >= 15 is 0 Å². The number of fused-ring (bicyclic) bond motifs is 12. The third-order valence-electron chi connectivity index (χ3n) is 10.8. The summed E-state index contributed by atoms with van der Waals surface area (Å²) in [4.78, 5) is 0. The molecule has 3 nitrogen and oxygen atoms in total. The molecule has 0 saturated heterocycles. The third-order valence-corrected chi connectivity index (χ3v) is 10.8. The maximum absolute atomic E-state index is 6.44. The summed E-state index contributed by atoms with van der Waals surface area (Å²) in [5.74, 6) is 0. The Hall–Kier alpha value is -6.06. The predicted octanol–water partition coefficient (Wildman–Crippen LogP) is 12.6. The minimum atomic E-state index is -0.189. The van der Waals surface area contributed by atoms with Crippen LogP contribution >= 0.6 is 0 Å². The molecule has 0 amide bonds. The predicted molar refractivity (Wildman–Crippen MR) is 198 cm³/mol. The van der Waals surface area contributed by atoms with E-state index in [1.54, 1.807) is 0 Å². The van der Waals surface area contributed by atoms with Crippen LogP contribution in [0.25, 0.3) is 93.6 Å². The summed E-state index contributed by atoms with van der Waals surface area (Å²) in [6.07, 6.45) is 0. The van der Waals surface area contributed by atoms with E-state index in [0.29, 0.717) is 0 Å². The van der Waals surface area contributed by atoms with Gasteiger partial charge < -0.3 is 13.4 Å². The first-order chi connectivity index (χ1) is 23.5. The van der Waals surface area contributed by atoms with E-state index in [4.69, 9.17) is 8.83 Å². The minimum Gasteiger partial charge on any atom is -0.456 e. The van der Waals surface area contributed by atoms with Gasteiger partial charge in [0, 0.05) is 49.0 Å². The average Bonchev–Trinajstić information content (AvgIpc) is 3.84. The van der Waals surface area contributed by atoms with Crippen LogP contribution in [0.4, 0.5) is 0 Å². The van der Waals surface area contributed by atoms with Crippen molar-refractivity contribution in [3.8, 4) is 27.9 Å². The molecule has 0 fully saturated rings. The fourth-order valence-electron chi connectivity index (χ4n) is 8.47. The fraction of sp³-hybridized carbons (Fsp3) is 0.0667. The number of rotatable bonds is 2. The molecule has 0 spiro atoms. The van der Waals surface area contributed by atoms with Crippen molar-refractivity contribution in [1.82, 2.24) is 4.57 Å². The normalized spacial score (nSPS) is 13.8. The number of para-hydroxylation sites is 4. The summed E-state index contributed by atoms with van der Waals surface area (Å²) in [5.41, 5.74) is 14.7. The zero-order valence-corrected chi connectivity index (χ0v) is 26.5. The summed E-state index contributed by atoms with van der Waals surface area (Å²) < 4.78 is 15.2. The minimum absolute atomic E-state index is 0.189. The lowest BCUT2D eigenvalue weighted by molar-refractivity contribution is 0.659. The van der Waals surface area contributed by atoms with Crippen molar-refractivity contribution in [1.29, 1.82) is 0 Å². The lowest BCUT2D eigenvalue weighted by Gasteiger charge is -2.23. The molecule has 3 heterocycles. The molecule has 0 unspecified atom stereocenters. The Morgan fingerprint density at radius 2 is 1.10 bits per heavy atom. The van der Waals surface area contributed by atoms with Gasteiger partial charge in [-0.05, 0) is 76.3 Å². The topological polar surface area (TPSA) is 31.2 Å². The molecular formula is C45H29NO2. The molecule has 11 rings (SSSR count). The van der Waals surface area contributed by atoms with Crippen LogP contribution in [0.3, 0.4) is 0 Å². The molecule has 0 N–H and O–H groups in total. The molecule has 0 atom stereocenters. The third kappa shape index (κ3) is 3.33. The number of furan rings is 2. The number of nitrogens with zero attached hydrogens (tertiary/aromatic N) is 1. The molecule has 10 aromatic rings. The molecule has 3 aromatic heterocycles. The van der Waals surface area contributed by atoms with E-state index in [1.165, 1.54) is 55.3 Å². The van der Waals surface area contributed by atoms with Crippen LogP contribution in [0.2, 0.25) is 0 Å². The molecule has 226 valence electrons. The van der Waals surface area contributed by atoms with Crippen LogP contribution in [-0.4, -0.2) is 4.57 Å². The Labute approximate surface area is 276 Å². The first-order valence-electron chi connectivity index (χ1n) is 16.6. The van der Waals surface area contributed by atoms with Crippen molar-refractivity contribution >= 4 is 65.7 Å². The van der Waals surface area contributed by atoms with Gasteiger partial charge in [0.1, 0.15) is 22.3 Å². The first-order valence-corrected chi connectivity index (χ1v) is 16.6. The lowest BCUT2D eigenvalue weighted by Crippen LogP contribution is -2.15. The van der Waals surface area contributed by atoms with Gasteiger partial charge in [-0.25, -0.2) is 0 Å². The number of hydrogen-bond donors (Lipinski definition) is 0. The van der Waals surface area contributed by atoms with Gasteiger partial charge >= 0.3 is 0 Å². The van der Waals surface area contributed by atoms with Gasteiger partial charge in [-0.3, -0.25) is 0 Å². The summed E-state index contributed by atoms with van der Waals surface area (Å²) in [7, 11) is 0. The van der Waals surface area contributed by atoms with Crippen molar-refractivity contribution in [3.05, 3.63) is 151 Å². The summed E-state index contributed by atoms with van der Waals surface area (Å²) in [5, 5.41) is 7.02. The Balaban J connectivity index is 1.10. The van der Waals surface area contributed by atoms with Crippen molar-refractivity contribution < 1.29 is 8.83 Å². The summed E-state index contributed by atoms with van der Waals surface area (Å²) in [6.45, 7) is 4.72. The van der Waals surface area contributed by atoms with Gasteiger partial charge in [0.05, 0.1) is 11.0 Å². The highest BCUT2D eigenvalue weighted by Crippen LogP contribution is 2.51. The van der Waals surface area contributed by atoms with Crippen molar-refractivity contribution in [3.63, 3.8) is 0 Å². The van der Waals surface area contributed by atoms with E-state index in [1.807, 2.05) is 12.1 Å². The zero-order valence-electron chi connectivity index (χ0n) is 26.5. The Kier molecular flexibility index (Phi) is 4.91. The molecule has 7 aromatic carbocycles.